The average molecular weight is 270 g/mol. The number of pyridine rings is 1. The highest BCUT2D eigenvalue weighted by molar-refractivity contribution is 5.92. The van der Waals surface area contributed by atoms with Crippen LogP contribution in [0.2, 0.25) is 0 Å². The molecule has 104 valence electrons. The fourth-order valence-electron chi connectivity index (χ4n) is 2.10. The Balaban J connectivity index is 2.29. The first-order valence-electron chi connectivity index (χ1n) is 6.45. The van der Waals surface area contributed by atoms with Crippen molar-refractivity contribution in [2.24, 2.45) is 5.73 Å². The van der Waals surface area contributed by atoms with Gasteiger partial charge < -0.3 is 10.5 Å². The summed E-state index contributed by atoms with van der Waals surface area (Å²) < 4.78 is 5.85. The van der Waals surface area contributed by atoms with Crippen LogP contribution in [0, 0.1) is 20.8 Å². The lowest BCUT2D eigenvalue weighted by Gasteiger charge is -2.15. The van der Waals surface area contributed by atoms with E-state index in [0.29, 0.717) is 18.0 Å². The van der Waals surface area contributed by atoms with E-state index in [4.69, 9.17) is 10.5 Å². The third-order valence-electron chi connectivity index (χ3n) is 3.33. The van der Waals surface area contributed by atoms with Crippen LogP contribution in [0.1, 0.15) is 32.9 Å². The minimum atomic E-state index is -0.511. The Kier molecular flexibility index (Phi) is 4.03. The summed E-state index contributed by atoms with van der Waals surface area (Å²) in [6, 6.07) is 9.91. The van der Waals surface area contributed by atoms with Crippen molar-refractivity contribution in [3.63, 3.8) is 0 Å². The summed E-state index contributed by atoms with van der Waals surface area (Å²) in [4.78, 5) is 15.6. The predicted octanol–water partition coefficient (Wildman–Crippen LogP) is 2.68. The lowest BCUT2D eigenvalue weighted by molar-refractivity contribution is 0.0994. The number of carbonyl (C=O) groups excluding carboxylic acids is 1. The van der Waals surface area contributed by atoms with Crippen LogP contribution in [0.4, 0.5) is 0 Å². The number of primary amides is 1. The van der Waals surface area contributed by atoms with Gasteiger partial charge in [-0.15, -0.1) is 0 Å². The summed E-state index contributed by atoms with van der Waals surface area (Å²) >= 11 is 0. The number of nitrogens with two attached hydrogens (primary N) is 1. The van der Waals surface area contributed by atoms with Crippen molar-refractivity contribution in [1.29, 1.82) is 0 Å². The summed E-state index contributed by atoms with van der Waals surface area (Å²) in [5.74, 6) is 0.208. The number of rotatable bonds is 4. The second-order valence-electron chi connectivity index (χ2n) is 4.76. The molecule has 2 aromatic rings. The molecular weight excluding hydrogens is 252 g/mol. The van der Waals surface area contributed by atoms with Gasteiger partial charge in [0.25, 0.3) is 5.91 Å². The molecule has 0 radical (unpaired) electrons. The van der Waals surface area contributed by atoms with Crippen molar-refractivity contribution in [2.45, 2.75) is 27.4 Å². The monoisotopic (exact) mass is 270 g/mol. The Morgan fingerprint density at radius 1 is 1.15 bits per heavy atom. The number of benzene rings is 1. The lowest BCUT2D eigenvalue weighted by Crippen LogP contribution is -2.17. The molecule has 0 unspecified atom stereocenters. The van der Waals surface area contributed by atoms with Crippen LogP contribution in [-0.4, -0.2) is 10.9 Å². The maximum absolute atomic E-state index is 11.3. The topological polar surface area (TPSA) is 65.2 Å². The molecule has 0 saturated heterocycles. The molecule has 0 aliphatic carbocycles. The highest BCUT2D eigenvalue weighted by Gasteiger charge is 2.16. The van der Waals surface area contributed by atoms with E-state index in [0.717, 1.165) is 22.4 Å². The molecular formula is C16H18N2O2. The van der Waals surface area contributed by atoms with Crippen molar-refractivity contribution in [3.05, 3.63) is 58.4 Å². The van der Waals surface area contributed by atoms with Gasteiger partial charge in [-0.3, -0.25) is 4.79 Å². The van der Waals surface area contributed by atoms with E-state index in [1.54, 1.807) is 0 Å². The van der Waals surface area contributed by atoms with Gasteiger partial charge in [-0.05, 0) is 37.5 Å². The molecule has 0 aliphatic rings. The smallest absolute Gasteiger partial charge is 0.267 e. The van der Waals surface area contributed by atoms with Crippen molar-refractivity contribution in [3.8, 4) is 5.75 Å². The molecule has 20 heavy (non-hydrogen) atoms. The second-order valence-corrected chi connectivity index (χ2v) is 4.76. The largest absolute Gasteiger partial charge is 0.487 e. The molecule has 0 fully saturated rings. The minimum Gasteiger partial charge on any atom is -0.487 e. The van der Waals surface area contributed by atoms with Gasteiger partial charge >= 0.3 is 0 Å². The van der Waals surface area contributed by atoms with Gasteiger partial charge in [0.2, 0.25) is 0 Å². The van der Waals surface area contributed by atoms with E-state index in [-0.39, 0.29) is 0 Å². The van der Waals surface area contributed by atoms with E-state index < -0.39 is 5.91 Å². The molecule has 2 rings (SSSR count). The van der Waals surface area contributed by atoms with E-state index in [9.17, 15) is 4.79 Å². The molecule has 1 aromatic heterocycles. The molecule has 0 bridgehead atoms. The fraction of sp³-hybridized carbons (Fsp3) is 0.250. The van der Waals surface area contributed by atoms with E-state index in [2.05, 4.69) is 4.98 Å². The van der Waals surface area contributed by atoms with Crippen molar-refractivity contribution in [1.82, 2.24) is 4.98 Å². The van der Waals surface area contributed by atoms with E-state index in [1.807, 2.05) is 51.1 Å². The summed E-state index contributed by atoms with van der Waals surface area (Å²) in [6.07, 6.45) is 0. The molecule has 0 aliphatic heterocycles. The van der Waals surface area contributed by atoms with Crippen LogP contribution in [0.3, 0.4) is 0 Å². The Morgan fingerprint density at radius 3 is 2.40 bits per heavy atom. The summed E-state index contributed by atoms with van der Waals surface area (Å²) in [6.45, 7) is 6.03. The Labute approximate surface area is 118 Å². The molecule has 4 nitrogen and oxygen atoms in total. The lowest BCUT2D eigenvalue weighted by atomic mass is 10.1. The number of amides is 1. The van der Waals surface area contributed by atoms with Gasteiger partial charge in [0.05, 0.1) is 5.69 Å². The van der Waals surface area contributed by atoms with Crippen LogP contribution in [0.15, 0.2) is 30.3 Å². The molecule has 4 heteroatoms. The zero-order chi connectivity index (χ0) is 14.7. The van der Waals surface area contributed by atoms with Gasteiger partial charge in [-0.25, -0.2) is 4.98 Å². The molecule has 1 heterocycles. The maximum Gasteiger partial charge on any atom is 0.267 e. The van der Waals surface area contributed by atoms with Crippen molar-refractivity contribution in [2.75, 3.05) is 0 Å². The molecule has 0 saturated carbocycles. The normalized spacial score (nSPS) is 10.3. The number of nitrogens with zero attached hydrogens (tertiary/aromatic N) is 1. The minimum absolute atomic E-state index is 0.312. The molecule has 2 N–H and O–H groups in total. The molecule has 1 amide bonds. The van der Waals surface area contributed by atoms with Gasteiger partial charge in [0, 0.05) is 0 Å². The first kappa shape index (κ1) is 14.1. The summed E-state index contributed by atoms with van der Waals surface area (Å²) in [7, 11) is 0. The number of hydrogen-bond acceptors (Lipinski definition) is 3. The van der Waals surface area contributed by atoms with Crippen LogP contribution >= 0.6 is 0 Å². The van der Waals surface area contributed by atoms with Gasteiger partial charge in [0.15, 0.2) is 0 Å². The average Bonchev–Trinajstić information content (AvgIpc) is 2.43. The number of hydrogen-bond donors (Lipinski definition) is 1. The van der Waals surface area contributed by atoms with Crippen LogP contribution in [0.5, 0.6) is 5.75 Å². The van der Waals surface area contributed by atoms with Gasteiger partial charge in [-0.1, -0.05) is 30.3 Å². The van der Waals surface area contributed by atoms with Crippen molar-refractivity contribution < 1.29 is 9.53 Å². The molecule has 1 aromatic carbocycles. The first-order valence-corrected chi connectivity index (χ1v) is 6.45. The van der Waals surface area contributed by atoms with Crippen LogP contribution in [-0.2, 0) is 6.61 Å². The maximum atomic E-state index is 11.3. The predicted molar refractivity (Wildman–Crippen MR) is 77.7 cm³/mol. The second kappa shape index (κ2) is 5.74. The number of ether oxygens (including phenoxy) is 1. The van der Waals surface area contributed by atoms with E-state index >= 15 is 0 Å². The van der Waals surface area contributed by atoms with Crippen LogP contribution in [0.25, 0.3) is 0 Å². The standard InChI is InChI=1S/C16H18N2O2/c1-10-11(2)15(12(3)18-14(10)16(17)19)20-9-13-7-5-4-6-8-13/h4-8H,9H2,1-3H3,(H2,17,19). The Bertz CT molecular complexity index is 637. The van der Waals surface area contributed by atoms with Crippen LogP contribution < -0.4 is 10.5 Å². The Hall–Kier alpha value is -2.36. The SMILES string of the molecule is Cc1nc(C(N)=O)c(C)c(C)c1OCc1ccccc1. The number of aromatic nitrogens is 1. The molecule has 0 spiro atoms. The molecule has 0 atom stereocenters. The fourth-order valence-corrected chi connectivity index (χ4v) is 2.10. The highest BCUT2D eigenvalue weighted by atomic mass is 16.5. The van der Waals surface area contributed by atoms with Gasteiger partial charge in [-0.2, -0.15) is 0 Å². The highest BCUT2D eigenvalue weighted by Crippen LogP contribution is 2.27. The number of carbonyl (C=O) groups is 1. The van der Waals surface area contributed by atoms with E-state index in [1.165, 1.54) is 0 Å². The Morgan fingerprint density at radius 2 is 1.80 bits per heavy atom. The first-order chi connectivity index (χ1) is 9.50. The van der Waals surface area contributed by atoms with Gasteiger partial charge in [0.1, 0.15) is 18.1 Å². The zero-order valence-corrected chi connectivity index (χ0v) is 11.9. The van der Waals surface area contributed by atoms with Crippen molar-refractivity contribution >= 4 is 5.91 Å². The zero-order valence-electron chi connectivity index (χ0n) is 11.9. The third-order valence-corrected chi connectivity index (χ3v) is 3.33. The third kappa shape index (κ3) is 2.79. The summed E-state index contributed by atoms with van der Waals surface area (Å²) in [5, 5.41) is 0. The quantitative estimate of drug-likeness (QED) is 0.929. The number of aryl methyl sites for hydroxylation is 1. The summed E-state index contributed by atoms with van der Waals surface area (Å²) in [5.41, 5.74) is 9.08.